The van der Waals surface area contributed by atoms with E-state index >= 15 is 0 Å². The molecule has 0 aromatic carbocycles. The van der Waals surface area contributed by atoms with Crippen LogP contribution in [0.5, 0.6) is 0 Å². The normalized spacial score (nSPS) is 10.3. The fraction of sp³-hybridized carbons (Fsp3) is 0.231. The molecular weight excluding hydrogens is 262 g/mol. The van der Waals surface area contributed by atoms with Crippen LogP contribution in [0.15, 0.2) is 22.9 Å². The van der Waals surface area contributed by atoms with Crippen LogP contribution in [0.4, 0.5) is 5.69 Å². The molecule has 0 aliphatic rings. The summed E-state index contributed by atoms with van der Waals surface area (Å²) < 4.78 is 4.97. The highest BCUT2D eigenvalue weighted by molar-refractivity contribution is 5.99. The quantitative estimate of drug-likeness (QED) is 0.877. The van der Waals surface area contributed by atoms with E-state index < -0.39 is 5.97 Å². The minimum absolute atomic E-state index is 0.0646. The zero-order chi connectivity index (χ0) is 14.7. The van der Waals surface area contributed by atoms with Crippen LogP contribution in [0.2, 0.25) is 0 Å². The number of carboxylic acid groups (broad SMARTS) is 1. The third-order valence-electron chi connectivity index (χ3n) is 2.80. The third kappa shape index (κ3) is 2.82. The molecule has 0 saturated heterocycles. The van der Waals surface area contributed by atoms with E-state index in [9.17, 15) is 9.59 Å². The van der Waals surface area contributed by atoms with Crippen LogP contribution in [0, 0.1) is 13.8 Å². The van der Waals surface area contributed by atoms with Gasteiger partial charge in [-0.1, -0.05) is 5.16 Å². The first-order valence-corrected chi connectivity index (χ1v) is 5.89. The smallest absolute Gasteiger partial charge is 0.356 e. The van der Waals surface area contributed by atoms with Crippen molar-refractivity contribution >= 4 is 17.6 Å². The average molecular weight is 275 g/mol. The molecule has 0 aliphatic carbocycles. The van der Waals surface area contributed by atoms with Crippen molar-refractivity contribution < 1.29 is 19.2 Å². The van der Waals surface area contributed by atoms with Crippen molar-refractivity contribution in [2.75, 3.05) is 5.32 Å². The number of aryl methyl sites for hydroxylation is 2. The molecule has 1 amide bonds. The zero-order valence-electron chi connectivity index (χ0n) is 11.0. The van der Waals surface area contributed by atoms with Crippen molar-refractivity contribution in [2.24, 2.45) is 0 Å². The van der Waals surface area contributed by atoms with Crippen LogP contribution in [-0.4, -0.2) is 27.1 Å². The molecule has 2 rings (SSSR count). The predicted molar refractivity (Wildman–Crippen MR) is 69.5 cm³/mol. The van der Waals surface area contributed by atoms with Gasteiger partial charge < -0.3 is 14.9 Å². The lowest BCUT2D eigenvalue weighted by Gasteiger charge is -2.07. The molecular formula is C13H13N3O4. The summed E-state index contributed by atoms with van der Waals surface area (Å²) in [6.45, 7) is 3.46. The molecule has 0 aliphatic heterocycles. The minimum Gasteiger partial charge on any atom is -0.476 e. The number of carbonyl (C=O) groups is 2. The van der Waals surface area contributed by atoms with E-state index in [1.807, 2.05) is 0 Å². The number of rotatable bonds is 4. The lowest BCUT2D eigenvalue weighted by molar-refractivity contribution is -0.115. The first kappa shape index (κ1) is 13.7. The molecule has 20 heavy (non-hydrogen) atoms. The Bertz CT molecular complexity index is 644. The Morgan fingerprint density at radius 1 is 1.40 bits per heavy atom. The topological polar surface area (TPSA) is 105 Å². The number of hydrogen-bond donors (Lipinski definition) is 2. The molecule has 2 N–H and O–H groups in total. The van der Waals surface area contributed by atoms with Crippen molar-refractivity contribution in [3.8, 4) is 0 Å². The van der Waals surface area contributed by atoms with Gasteiger partial charge in [0, 0.05) is 11.8 Å². The summed E-state index contributed by atoms with van der Waals surface area (Å²) in [7, 11) is 0. The number of anilines is 1. The van der Waals surface area contributed by atoms with Gasteiger partial charge in [0.2, 0.25) is 5.91 Å². The second-order valence-corrected chi connectivity index (χ2v) is 4.23. The van der Waals surface area contributed by atoms with Gasteiger partial charge in [0.15, 0.2) is 5.69 Å². The molecule has 2 aromatic heterocycles. The van der Waals surface area contributed by atoms with E-state index in [1.165, 1.54) is 12.3 Å². The Hall–Kier alpha value is -2.70. The Morgan fingerprint density at radius 3 is 2.75 bits per heavy atom. The molecule has 0 spiro atoms. The fourth-order valence-corrected chi connectivity index (χ4v) is 1.79. The van der Waals surface area contributed by atoms with Gasteiger partial charge in [-0.2, -0.15) is 0 Å². The maximum absolute atomic E-state index is 12.0. The van der Waals surface area contributed by atoms with Gasteiger partial charge in [-0.05, 0) is 26.0 Å². The van der Waals surface area contributed by atoms with E-state index in [-0.39, 0.29) is 23.7 Å². The van der Waals surface area contributed by atoms with Crippen LogP contribution in [-0.2, 0) is 11.2 Å². The number of pyridine rings is 1. The first-order valence-electron chi connectivity index (χ1n) is 5.89. The van der Waals surface area contributed by atoms with E-state index in [0.717, 1.165) is 0 Å². The summed E-state index contributed by atoms with van der Waals surface area (Å²) in [5.41, 5.74) is 1.31. The fourth-order valence-electron chi connectivity index (χ4n) is 1.79. The van der Waals surface area contributed by atoms with Crippen molar-refractivity contribution in [3.63, 3.8) is 0 Å². The highest BCUT2D eigenvalue weighted by atomic mass is 16.5. The number of hydrogen-bond acceptors (Lipinski definition) is 5. The highest BCUT2D eigenvalue weighted by Crippen LogP contribution is 2.16. The molecule has 0 bridgehead atoms. The van der Waals surface area contributed by atoms with Gasteiger partial charge in [0.05, 0.1) is 17.8 Å². The Kier molecular flexibility index (Phi) is 3.79. The first-order chi connectivity index (χ1) is 9.49. The molecule has 0 saturated carbocycles. The summed E-state index contributed by atoms with van der Waals surface area (Å²) in [5.74, 6) is -0.976. The lowest BCUT2D eigenvalue weighted by Crippen LogP contribution is -2.18. The Balaban J connectivity index is 2.15. The number of aromatic nitrogens is 2. The maximum Gasteiger partial charge on any atom is 0.356 e. The summed E-state index contributed by atoms with van der Waals surface area (Å²) >= 11 is 0. The van der Waals surface area contributed by atoms with Gasteiger partial charge in [0.1, 0.15) is 5.76 Å². The van der Waals surface area contributed by atoms with Crippen molar-refractivity contribution in [2.45, 2.75) is 20.3 Å². The number of nitrogens with one attached hydrogen (secondary N) is 1. The predicted octanol–water partition coefficient (Wildman–Crippen LogP) is 1.57. The zero-order valence-corrected chi connectivity index (χ0v) is 11.0. The number of carboxylic acids is 1. The summed E-state index contributed by atoms with van der Waals surface area (Å²) in [6.07, 6.45) is 1.42. The monoisotopic (exact) mass is 275 g/mol. The third-order valence-corrected chi connectivity index (χ3v) is 2.80. The van der Waals surface area contributed by atoms with Gasteiger partial charge in [0.25, 0.3) is 0 Å². The van der Waals surface area contributed by atoms with E-state index in [2.05, 4.69) is 15.5 Å². The standard InChI is InChI=1S/C13H13N3O4/c1-7-9(8(2)20-16-7)6-11(17)15-10-4-3-5-14-12(10)13(18)19/h3-5H,6H2,1-2H3,(H,15,17)(H,18,19). The van der Waals surface area contributed by atoms with E-state index in [4.69, 9.17) is 9.63 Å². The number of nitrogens with zero attached hydrogens (tertiary/aromatic N) is 2. The van der Waals surface area contributed by atoms with Gasteiger partial charge in [-0.15, -0.1) is 0 Å². The summed E-state index contributed by atoms with van der Waals surface area (Å²) in [5, 5.41) is 15.3. The van der Waals surface area contributed by atoms with Crippen LogP contribution in [0.3, 0.4) is 0 Å². The van der Waals surface area contributed by atoms with Gasteiger partial charge in [-0.25, -0.2) is 9.78 Å². The largest absolute Gasteiger partial charge is 0.476 e. The molecule has 7 heteroatoms. The van der Waals surface area contributed by atoms with Crippen LogP contribution >= 0.6 is 0 Å². The molecule has 2 aromatic rings. The van der Waals surface area contributed by atoms with E-state index in [1.54, 1.807) is 19.9 Å². The van der Waals surface area contributed by atoms with Crippen LogP contribution in [0.25, 0.3) is 0 Å². The lowest BCUT2D eigenvalue weighted by atomic mass is 10.1. The summed E-state index contributed by atoms with van der Waals surface area (Å²) in [6, 6.07) is 3.04. The molecule has 104 valence electrons. The molecule has 0 fully saturated rings. The van der Waals surface area contributed by atoms with Crippen LogP contribution < -0.4 is 5.32 Å². The highest BCUT2D eigenvalue weighted by Gasteiger charge is 2.16. The molecule has 0 atom stereocenters. The van der Waals surface area contributed by atoms with Gasteiger partial charge >= 0.3 is 5.97 Å². The maximum atomic E-state index is 12.0. The molecule has 7 nitrogen and oxygen atoms in total. The van der Waals surface area contributed by atoms with Crippen molar-refractivity contribution in [1.29, 1.82) is 0 Å². The average Bonchev–Trinajstić information content (AvgIpc) is 2.71. The number of carbonyl (C=O) groups excluding carboxylic acids is 1. The van der Waals surface area contributed by atoms with E-state index in [0.29, 0.717) is 17.0 Å². The number of aromatic carboxylic acids is 1. The molecule has 0 unspecified atom stereocenters. The van der Waals surface area contributed by atoms with Crippen molar-refractivity contribution in [3.05, 3.63) is 41.0 Å². The second-order valence-electron chi connectivity index (χ2n) is 4.23. The van der Waals surface area contributed by atoms with Crippen LogP contribution in [0.1, 0.15) is 27.5 Å². The Morgan fingerprint density at radius 2 is 2.15 bits per heavy atom. The summed E-state index contributed by atoms with van der Waals surface area (Å²) in [4.78, 5) is 26.7. The molecule has 2 heterocycles. The van der Waals surface area contributed by atoms with Gasteiger partial charge in [-0.3, -0.25) is 4.79 Å². The Labute approximate surface area is 114 Å². The minimum atomic E-state index is -1.20. The molecule has 0 radical (unpaired) electrons. The second kappa shape index (κ2) is 5.52. The van der Waals surface area contributed by atoms with Crippen molar-refractivity contribution in [1.82, 2.24) is 10.1 Å². The SMILES string of the molecule is Cc1noc(C)c1CC(=O)Nc1cccnc1C(=O)O. The number of amides is 1.